The average Bonchev–Trinajstić information content (AvgIpc) is 3.08. The Balaban J connectivity index is 1.55. The zero-order valence-corrected chi connectivity index (χ0v) is 19.0. The van der Waals surface area contributed by atoms with Crippen molar-refractivity contribution >= 4 is 17.7 Å². The van der Waals surface area contributed by atoms with Crippen LogP contribution in [0.1, 0.15) is 47.5 Å². The van der Waals surface area contributed by atoms with Crippen LogP contribution in [0.2, 0.25) is 0 Å². The molecule has 1 aliphatic rings. The van der Waals surface area contributed by atoms with Gasteiger partial charge < -0.3 is 15.4 Å². The maximum atomic E-state index is 14.1. The number of benzene rings is 1. The molecule has 3 rings (SSSR count). The monoisotopic (exact) mass is 435 g/mol. The Morgan fingerprint density at radius 2 is 2.00 bits per heavy atom. The molecule has 30 heavy (non-hydrogen) atoms. The van der Waals surface area contributed by atoms with Crippen LogP contribution in [0.3, 0.4) is 0 Å². The molecule has 1 amide bonds. The highest BCUT2D eigenvalue weighted by Crippen LogP contribution is 2.29. The van der Waals surface area contributed by atoms with E-state index in [0.29, 0.717) is 23.2 Å². The van der Waals surface area contributed by atoms with Crippen molar-refractivity contribution in [2.75, 3.05) is 12.4 Å². The van der Waals surface area contributed by atoms with Crippen LogP contribution in [-0.4, -0.2) is 50.6 Å². The molecular weight excluding hydrogens is 405 g/mol. The Labute approximate surface area is 181 Å². The highest BCUT2D eigenvalue weighted by atomic mass is 32.2. The summed E-state index contributed by atoms with van der Waals surface area (Å²) in [7, 11) is 0. The number of aromatic nitrogens is 3. The molecule has 0 aliphatic carbocycles. The number of nitrogens with one attached hydrogen (secondary N) is 3. The van der Waals surface area contributed by atoms with Crippen molar-refractivity contribution in [2.24, 2.45) is 0 Å². The fourth-order valence-electron chi connectivity index (χ4n) is 4.18. The van der Waals surface area contributed by atoms with Crippen molar-refractivity contribution in [1.82, 2.24) is 25.8 Å². The smallest absolute Gasteiger partial charge is 0.230 e. The van der Waals surface area contributed by atoms with Gasteiger partial charge in [-0.25, -0.2) is 9.37 Å². The van der Waals surface area contributed by atoms with Crippen LogP contribution in [-0.2, 0) is 4.79 Å². The van der Waals surface area contributed by atoms with Crippen molar-refractivity contribution in [3.8, 4) is 17.1 Å². The Kier molecular flexibility index (Phi) is 6.71. The minimum atomic E-state index is -0.452. The van der Waals surface area contributed by atoms with Crippen LogP contribution < -0.4 is 15.4 Å². The molecule has 1 aromatic heterocycles. The maximum Gasteiger partial charge on any atom is 0.230 e. The lowest BCUT2D eigenvalue weighted by atomic mass is 9.79. The minimum Gasteiger partial charge on any atom is -0.491 e. The van der Waals surface area contributed by atoms with E-state index in [1.807, 2.05) is 0 Å². The van der Waals surface area contributed by atoms with Crippen LogP contribution in [0.5, 0.6) is 5.75 Å². The summed E-state index contributed by atoms with van der Waals surface area (Å²) < 4.78 is 19.3. The van der Waals surface area contributed by atoms with E-state index in [4.69, 9.17) is 4.74 Å². The van der Waals surface area contributed by atoms with Gasteiger partial charge in [0.25, 0.3) is 0 Å². The Bertz CT molecular complexity index is 883. The molecule has 2 heterocycles. The number of carbonyl (C=O) groups excluding carboxylic acids is 1. The second-order valence-electron chi connectivity index (χ2n) is 8.90. The normalized spacial score (nSPS) is 18.2. The maximum absolute atomic E-state index is 14.1. The third kappa shape index (κ3) is 5.95. The minimum absolute atomic E-state index is 0.0293. The van der Waals surface area contributed by atoms with E-state index in [1.54, 1.807) is 19.1 Å². The largest absolute Gasteiger partial charge is 0.491 e. The van der Waals surface area contributed by atoms with Crippen LogP contribution in [0, 0.1) is 5.82 Å². The van der Waals surface area contributed by atoms with Crippen LogP contribution in [0.15, 0.2) is 23.4 Å². The number of halogens is 1. The van der Waals surface area contributed by atoms with Crippen LogP contribution >= 0.6 is 11.8 Å². The number of H-pyrrole nitrogens is 1. The SMILES string of the molecule is CCOc1ccc(-c2nc(SCC(=O)NC3CC(C)(C)NC(C)(C)C3)n[nH]2)cc1F. The summed E-state index contributed by atoms with van der Waals surface area (Å²) in [4.78, 5) is 16.8. The van der Waals surface area contributed by atoms with Crippen molar-refractivity contribution in [3.05, 3.63) is 24.0 Å². The number of hydrogen-bond donors (Lipinski definition) is 3. The van der Waals surface area contributed by atoms with E-state index >= 15 is 0 Å². The van der Waals surface area contributed by atoms with Gasteiger partial charge in [0.15, 0.2) is 17.4 Å². The van der Waals surface area contributed by atoms with Gasteiger partial charge >= 0.3 is 0 Å². The fraction of sp³-hybridized carbons (Fsp3) is 0.571. The lowest BCUT2D eigenvalue weighted by Gasteiger charge is -2.46. The van der Waals surface area contributed by atoms with Crippen molar-refractivity contribution in [3.63, 3.8) is 0 Å². The Morgan fingerprint density at radius 1 is 1.30 bits per heavy atom. The van der Waals surface area contributed by atoms with Gasteiger partial charge in [-0.1, -0.05) is 11.8 Å². The van der Waals surface area contributed by atoms with Gasteiger partial charge in [-0.15, -0.1) is 5.10 Å². The number of hydrogen-bond acceptors (Lipinski definition) is 6. The average molecular weight is 436 g/mol. The van der Waals surface area contributed by atoms with Gasteiger partial charge in [0.05, 0.1) is 12.4 Å². The summed E-state index contributed by atoms with van der Waals surface area (Å²) >= 11 is 1.25. The van der Waals surface area contributed by atoms with E-state index in [-0.39, 0.29) is 34.5 Å². The molecule has 2 aromatic rings. The van der Waals surface area contributed by atoms with E-state index in [1.165, 1.54) is 17.8 Å². The van der Waals surface area contributed by atoms with E-state index in [2.05, 4.69) is 53.5 Å². The molecule has 1 aromatic carbocycles. The molecule has 1 saturated heterocycles. The van der Waals surface area contributed by atoms with Gasteiger partial charge in [0, 0.05) is 22.7 Å². The summed E-state index contributed by atoms with van der Waals surface area (Å²) in [6.07, 6.45) is 1.75. The molecule has 7 nitrogen and oxygen atoms in total. The molecule has 0 saturated carbocycles. The Hall–Kier alpha value is -2.13. The topological polar surface area (TPSA) is 91.9 Å². The number of thioether (sulfide) groups is 1. The number of aromatic amines is 1. The second-order valence-corrected chi connectivity index (χ2v) is 9.84. The van der Waals surface area contributed by atoms with Gasteiger partial charge in [-0.3, -0.25) is 9.89 Å². The number of ether oxygens (including phenoxy) is 1. The first-order chi connectivity index (χ1) is 14.1. The molecule has 0 bridgehead atoms. The van der Waals surface area contributed by atoms with Crippen molar-refractivity contribution in [2.45, 2.75) is 69.7 Å². The lowest BCUT2D eigenvalue weighted by molar-refractivity contribution is -0.119. The van der Waals surface area contributed by atoms with Gasteiger partial charge in [0.1, 0.15) is 0 Å². The van der Waals surface area contributed by atoms with Gasteiger partial charge in [-0.05, 0) is 65.7 Å². The third-order valence-electron chi connectivity index (χ3n) is 4.86. The van der Waals surface area contributed by atoms with Gasteiger partial charge in [0.2, 0.25) is 11.1 Å². The van der Waals surface area contributed by atoms with E-state index in [9.17, 15) is 9.18 Å². The summed E-state index contributed by atoms with van der Waals surface area (Å²) in [6.45, 7) is 10.8. The first kappa shape index (κ1) is 22.6. The predicted molar refractivity (Wildman–Crippen MR) is 116 cm³/mol. The molecule has 3 N–H and O–H groups in total. The molecule has 1 fully saturated rings. The zero-order chi connectivity index (χ0) is 21.9. The summed E-state index contributed by atoms with van der Waals surface area (Å²) in [5, 5.41) is 14.1. The Morgan fingerprint density at radius 3 is 2.63 bits per heavy atom. The van der Waals surface area contributed by atoms with E-state index in [0.717, 1.165) is 12.8 Å². The zero-order valence-electron chi connectivity index (χ0n) is 18.1. The van der Waals surface area contributed by atoms with E-state index < -0.39 is 5.82 Å². The number of nitrogens with zero attached hydrogens (tertiary/aromatic N) is 2. The number of amides is 1. The lowest BCUT2D eigenvalue weighted by Crippen LogP contribution is -2.62. The second kappa shape index (κ2) is 8.93. The van der Waals surface area contributed by atoms with Crippen LogP contribution in [0.25, 0.3) is 11.4 Å². The molecule has 0 unspecified atom stereocenters. The highest BCUT2D eigenvalue weighted by Gasteiger charge is 2.38. The fourth-order valence-corrected chi connectivity index (χ4v) is 4.79. The first-order valence-corrected chi connectivity index (χ1v) is 11.1. The summed E-state index contributed by atoms with van der Waals surface area (Å²) in [5.74, 6) is 0.377. The van der Waals surface area contributed by atoms with Crippen molar-refractivity contribution < 1.29 is 13.9 Å². The molecular formula is C21H30FN5O2S. The molecule has 0 atom stereocenters. The standard InChI is InChI=1S/C21H30FN5O2S/c1-6-29-16-8-7-13(9-15(16)22)18-24-19(26-25-18)30-12-17(28)23-14-10-20(2,3)27-21(4,5)11-14/h7-9,14,27H,6,10-12H2,1-5H3,(H,23,28)(H,24,25,26). The van der Waals surface area contributed by atoms with Gasteiger partial charge in [-0.2, -0.15) is 0 Å². The highest BCUT2D eigenvalue weighted by molar-refractivity contribution is 7.99. The number of rotatable bonds is 7. The predicted octanol–water partition coefficient (Wildman–Crippen LogP) is 3.53. The quantitative estimate of drug-likeness (QED) is 0.577. The number of carbonyl (C=O) groups is 1. The molecule has 0 radical (unpaired) electrons. The summed E-state index contributed by atoms with van der Waals surface area (Å²) in [6, 6.07) is 4.77. The third-order valence-corrected chi connectivity index (χ3v) is 5.71. The molecule has 9 heteroatoms. The molecule has 164 valence electrons. The first-order valence-electron chi connectivity index (χ1n) is 10.1. The molecule has 1 aliphatic heterocycles. The van der Waals surface area contributed by atoms with Crippen molar-refractivity contribution in [1.29, 1.82) is 0 Å². The summed E-state index contributed by atoms with van der Waals surface area (Å²) in [5.41, 5.74) is 0.510. The number of piperidine rings is 1. The molecule has 0 spiro atoms. The van der Waals surface area contributed by atoms with Crippen LogP contribution in [0.4, 0.5) is 4.39 Å².